The van der Waals surface area contributed by atoms with Crippen molar-refractivity contribution in [2.75, 3.05) is 0 Å². The maximum absolute atomic E-state index is 6.28. The van der Waals surface area contributed by atoms with Crippen molar-refractivity contribution in [3.05, 3.63) is 210 Å². The third kappa shape index (κ3) is 6.89. The van der Waals surface area contributed by atoms with Crippen molar-refractivity contribution in [1.29, 1.82) is 0 Å². The zero-order valence-corrected chi connectivity index (χ0v) is 33.3. The van der Waals surface area contributed by atoms with Crippen LogP contribution in [0.3, 0.4) is 0 Å². The maximum atomic E-state index is 6.28. The van der Waals surface area contributed by atoms with Crippen molar-refractivity contribution < 1.29 is 4.42 Å². The number of aryl methyl sites for hydroxylation is 3. The van der Waals surface area contributed by atoms with Gasteiger partial charge in [-0.2, -0.15) is 0 Å². The second-order valence-electron chi connectivity index (χ2n) is 15.4. The van der Waals surface area contributed by atoms with Gasteiger partial charge >= 0.3 is 0 Å². The van der Waals surface area contributed by atoms with Gasteiger partial charge in [-0.05, 0) is 113 Å². The van der Waals surface area contributed by atoms with Gasteiger partial charge in [-0.15, -0.1) is 0 Å². The van der Waals surface area contributed by atoms with Crippen LogP contribution in [0, 0.1) is 20.8 Å². The molecule has 59 heavy (non-hydrogen) atoms. The summed E-state index contributed by atoms with van der Waals surface area (Å²) in [5.74, 6) is 1.87. The van der Waals surface area contributed by atoms with Gasteiger partial charge in [0, 0.05) is 21.9 Å². The van der Waals surface area contributed by atoms with E-state index in [4.69, 9.17) is 19.4 Å². The highest BCUT2D eigenvalue weighted by molar-refractivity contribution is 6.09. The molecular weight excluding hydrogens is 719 g/mol. The number of nitrogens with zero attached hydrogens (tertiary/aromatic N) is 3. The van der Waals surface area contributed by atoms with E-state index < -0.39 is 0 Å². The summed E-state index contributed by atoms with van der Waals surface area (Å²) in [5.41, 5.74) is 19.2. The van der Waals surface area contributed by atoms with Crippen LogP contribution in [0.15, 0.2) is 186 Å². The van der Waals surface area contributed by atoms with Gasteiger partial charge in [0.15, 0.2) is 17.5 Å². The van der Waals surface area contributed by atoms with Crippen molar-refractivity contribution in [3.63, 3.8) is 0 Å². The third-order valence-corrected chi connectivity index (χ3v) is 11.4. The lowest BCUT2D eigenvalue weighted by atomic mass is 9.91. The molecule has 0 amide bonds. The summed E-state index contributed by atoms with van der Waals surface area (Å²) in [5, 5.41) is 2.16. The second-order valence-corrected chi connectivity index (χ2v) is 15.4. The number of furan rings is 1. The van der Waals surface area contributed by atoms with Crippen LogP contribution in [0.5, 0.6) is 0 Å². The monoisotopic (exact) mass is 759 g/mol. The molecule has 10 aromatic rings. The quantitative estimate of drug-likeness (QED) is 0.175. The van der Waals surface area contributed by atoms with Gasteiger partial charge in [0.05, 0.1) is 5.56 Å². The van der Waals surface area contributed by atoms with Gasteiger partial charge in [0.25, 0.3) is 0 Å². The smallest absolute Gasteiger partial charge is 0.167 e. The van der Waals surface area contributed by atoms with E-state index in [0.29, 0.717) is 17.5 Å². The van der Waals surface area contributed by atoms with Crippen LogP contribution in [0.2, 0.25) is 0 Å². The van der Waals surface area contributed by atoms with E-state index in [1.54, 1.807) is 0 Å². The first-order valence-electron chi connectivity index (χ1n) is 20.1. The number of aromatic nitrogens is 3. The van der Waals surface area contributed by atoms with Crippen LogP contribution >= 0.6 is 0 Å². The fourth-order valence-electron chi connectivity index (χ4n) is 8.34. The van der Waals surface area contributed by atoms with Crippen LogP contribution in [0.25, 0.3) is 89.5 Å². The van der Waals surface area contributed by atoms with Crippen molar-refractivity contribution in [2.24, 2.45) is 0 Å². The number of benzene rings is 8. The fraction of sp³-hybridized carbons (Fsp3) is 0.0727. The Morgan fingerprint density at radius 2 is 0.983 bits per heavy atom. The molecule has 4 nitrogen and oxygen atoms in total. The molecule has 0 fully saturated rings. The second kappa shape index (κ2) is 15.1. The number of hydrogen-bond acceptors (Lipinski definition) is 4. The Hall–Kier alpha value is -7.43. The average molecular weight is 760 g/mol. The van der Waals surface area contributed by atoms with E-state index in [-0.39, 0.29) is 0 Å². The zero-order chi connectivity index (χ0) is 39.9. The molecule has 0 aliphatic heterocycles. The molecule has 11 rings (SSSR count). The number of fused-ring (bicyclic) bond motifs is 6. The summed E-state index contributed by atoms with van der Waals surface area (Å²) in [6.07, 6.45) is 1.04. The lowest BCUT2D eigenvalue weighted by Gasteiger charge is -2.13. The summed E-state index contributed by atoms with van der Waals surface area (Å²) >= 11 is 0. The highest BCUT2D eigenvalue weighted by atomic mass is 16.3. The molecule has 2 heterocycles. The number of hydrogen-bond donors (Lipinski definition) is 0. The van der Waals surface area contributed by atoms with E-state index >= 15 is 0 Å². The average Bonchev–Trinajstić information content (AvgIpc) is 3.84. The molecule has 282 valence electrons. The first kappa shape index (κ1) is 35.9. The van der Waals surface area contributed by atoms with Crippen molar-refractivity contribution in [3.8, 4) is 67.5 Å². The molecule has 8 aromatic carbocycles. The maximum Gasteiger partial charge on any atom is 0.167 e. The molecule has 1 aliphatic rings. The topological polar surface area (TPSA) is 51.8 Å². The molecular formula is C55H41N3O. The van der Waals surface area contributed by atoms with Gasteiger partial charge < -0.3 is 4.42 Å². The molecule has 0 radical (unpaired) electrons. The molecule has 0 unspecified atom stereocenters. The van der Waals surface area contributed by atoms with E-state index in [9.17, 15) is 0 Å². The fourth-order valence-corrected chi connectivity index (χ4v) is 8.34. The Morgan fingerprint density at radius 3 is 1.68 bits per heavy atom. The Morgan fingerprint density at radius 1 is 0.373 bits per heavy atom. The van der Waals surface area contributed by atoms with Crippen LogP contribution < -0.4 is 0 Å². The number of para-hydroxylation sites is 1. The molecule has 0 bridgehead atoms. The summed E-state index contributed by atoms with van der Waals surface area (Å²) in [7, 11) is 0. The number of rotatable bonds is 5. The minimum atomic E-state index is 0.596. The molecule has 1 aliphatic carbocycles. The standard InChI is InChI=1S/C28H19N3O.C27H22/c1-18-15-16-24-23(17-18)21-13-8-14-22(25(21)32-24)28-30-26(19-9-4-2-5-10-19)29-27(31-28)20-11-6-3-7-12-20;1-18-8-6-7-11-24(18)25-17-27-23(14-19(25)2)15-22-13-12-21(16-26(22)27)20-9-4-3-5-10-20/h2-17H,1H3;3-14,16-17H,15H2,1-2H3. The van der Waals surface area contributed by atoms with Gasteiger partial charge in [0.1, 0.15) is 11.2 Å². The van der Waals surface area contributed by atoms with E-state index in [0.717, 1.165) is 45.0 Å². The Kier molecular flexibility index (Phi) is 9.23. The molecule has 0 N–H and O–H groups in total. The summed E-state index contributed by atoms with van der Waals surface area (Å²) in [4.78, 5) is 14.5. The van der Waals surface area contributed by atoms with Gasteiger partial charge in [-0.25, -0.2) is 15.0 Å². The first-order valence-corrected chi connectivity index (χ1v) is 20.1. The molecule has 0 atom stereocenters. The van der Waals surface area contributed by atoms with Gasteiger partial charge in [-0.3, -0.25) is 0 Å². The predicted octanol–water partition coefficient (Wildman–Crippen LogP) is 14.3. The van der Waals surface area contributed by atoms with E-state index in [1.165, 1.54) is 61.2 Å². The SMILES string of the molecule is Cc1ccc2oc3c(-c4nc(-c5ccccc5)nc(-c5ccccc5)n4)cccc3c2c1.Cc1ccccc1-c1cc2c(cc1C)Cc1ccc(-c3ccccc3)cc1-2. The Labute approximate surface area is 344 Å². The minimum Gasteiger partial charge on any atom is -0.455 e. The van der Waals surface area contributed by atoms with Gasteiger partial charge in [0.2, 0.25) is 0 Å². The lowest BCUT2D eigenvalue weighted by molar-refractivity contribution is 0.669. The predicted molar refractivity (Wildman–Crippen MR) is 243 cm³/mol. The van der Waals surface area contributed by atoms with E-state index in [1.807, 2.05) is 78.9 Å². The van der Waals surface area contributed by atoms with Crippen molar-refractivity contribution in [2.45, 2.75) is 27.2 Å². The highest BCUT2D eigenvalue weighted by Crippen LogP contribution is 2.43. The molecule has 4 heteroatoms. The summed E-state index contributed by atoms with van der Waals surface area (Å²) < 4.78 is 6.28. The Balaban J connectivity index is 0.000000145. The van der Waals surface area contributed by atoms with E-state index in [2.05, 4.69) is 124 Å². The van der Waals surface area contributed by atoms with Crippen molar-refractivity contribution in [1.82, 2.24) is 15.0 Å². The lowest BCUT2D eigenvalue weighted by Crippen LogP contribution is -2.00. The Bertz CT molecular complexity index is 3090. The van der Waals surface area contributed by atoms with Crippen LogP contribution in [0.1, 0.15) is 27.8 Å². The molecule has 0 saturated carbocycles. The van der Waals surface area contributed by atoms with Gasteiger partial charge in [-0.1, -0.05) is 157 Å². The summed E-state index contributed by atoms with van der Waals surface area (Å²) in [6.45, 7) is 6.52. The molecule has 2 aromatic heterocycles. The highest BCUT2D eigenvalue weighted by Gasteiger charge is 2.22. The first-order chi connectivity index (χ1) is 29.0. The minimum absolute atomic E-state index is 0.596. The molecule has 0 saturated heterocycles. The molecule has 0 spiro atoms. The van der Waals surface area contributed by atoms with Crippen LogP contribution in [-0.4, -0.2) is 15.0 Å². The van der Waals surface area contributed by atoms with Crippen LogP contribution in [-0.2, 0) is 6.42 Å². The van der Waals surface area contributed by atoms with Crippen LogP contribution in [0.4, 0.5) is 0 Å². The normalized spacial score (nSPS) is 11.6. The third-order valence-electron chi connectivity index (χ3n) is 11.4. The summed E-state index contributed by atoms with van der Waals surface area (Å²) in [6, 6.07) is 63.4. The van der Waals surface area contributed by atoms with Crippen molar-refractivity contribution >= 4 is 21.9 Å². The largest absolute Gasteiger partial charge is 0.455 e. The zero-order valence-electron chi connectivity index (χ0n) is 33.3.